The van der Waals surface area contributed by atoms with E-state index in [4.69, 9.17) is 4.74 Å². The number of carbonyl (C=O) groups excluding carboxylic acids is 1. The molecule has 122 valence electrons. The van der Waals surface area contributed by atoms with Crippen LogP contribution in [0.25, 0.3) is 0 Å². The van der Waals surface area contributed by atoms with Gasteiger partial charge in [-0.1, -0.05) is 12.1 Å². The second kappa shape index (κ2) is 7.00. The first-order chi connectivity index (χ1) is 10.4. The molecule has 0 spiro atoms. The SMILES string of the molecule is CC(C)Oc1ccccc1NCC(=O)NC1CCS(=O)(=O)C1. The molecule has 1 aliphatic heterocycles. The number of hydrogen-bond donors (Lipinski definition) is 2. The Morgan fingerprint density at radius 2 is 2.09 bits per heavy atom. The van der Waals surface area contributed by atoms with Gasteiger partial charge in [-0.2, -0.15) is 0 Å². The zero-order valence-corrected chi connectivity index (χ0v) is 13.7. The van der Waals surface area contributed by atoms with Crippen LogP contribution >= 0.6 is 0 Å². The van der Waals surface area contributed by atoms with Crippen LogP contribution in [0.15, 0.2) is 24.3 Å². The van der Waals surface area contributed by atoms with E-state index in [1.54, 1.807) is 0 Å². The van der Waals surface area contributed by atoms with Crippen molar-refractivity contribution in [3.8, 4) is 5.75 Å². The summed E-state index contributed by atoms with van der Waals surface area (Å²) in [6.45, 7) is 3.95. The van der Waals surface area contributed by atoms with E-state index in [1.165, 1.54) is 0 Å². The molecule has 1 fully saturated rings. The molecule has 1 unspecified atom stereocenters. The number of sulfone groups is 1. The van der Waals surface area contributed by atoms with Crippen LogP contribution in [0.4, 0.5) is 5.69 Å². The number of nitrogens with one attached hydrogen (secondary N) is 2. The van der Waals surface area contributed by atoms with E-state index in [1.807, 2.05) is 38.1 Å². The minimum absolute atomic E-state index is 0.0335. The first kappa shape index (κ1) is 16.6. The molecule has 22 heavy (non-hydrogen) atoms. The average molecular weight is 326 g/mol. The molecule has 2 rings (SSSR count). The molecule has 6 nitrogen and oxygen atoms in total. The van der Waals surface area contributed by atoms with Crippen LogP contribution in [-0.4, -0.2) is 44.5 Å². The maximum Gasteiger partial charge on any atom is 0.239 e. The fraction of sp³-hybridized carbons (Fsp3) is 0.533. The maximum absolute atomic E-state index is 11.9. The van der Waals surface area contributed by atoms with Crippen LogP contribution in [-0.2, 0) is 14.6 Å². The molecular weight excluding hydrogens is 304 g/mol. The van der Waals surface area contributed by atoms with Crippen molar-refractivity contribution in [2.75, 3.05) is 23.4 Å². The second-order valence-corrected chi connectivity index (χ2v) is 7.91. The highest BCUT2D eigenvalue weighted by Gasteiger charge is 2.28. The first-order valence-corrected chi connectivity index (χ1v) is 9.17. The van der Waals surface area contributed by atoms with Crippen molar-refractivity contribution in [1.29, 1.82) is 0 Å². The van der Waals surface area contributed by atoms with Gasteiger partial charge >= 0.3 is 0 Å². The van der Waals surface area contributed by atoms with Crippen molar-refractivity contribution in [2.24, 2.45) is 0 Å². The highest BCUT2D eigenvalue weighted by atomic mass is 32.2. The van der Waals surface area contributed by atoms with E-state index in [9.17, 15) is 13.2 Å². The van der Waals surface area contributed by atoms with Crippen LogP contribution in [0.3, 0.4) is 0 Å². The van der Waals surface area contributed by atoms with E-state index in [0.717, 1.165) is 5.69 Å². The van der Waals surface area contributed by atoms with Crippen molar-refractivity contribution in [1.82, 2.24) is 5.32 Å². The van der Waals surface area contributed by atoms with Gasteiger partial charge in [0.25, 0.3) is 0 Å². The van der Waals surface area contributed by atoms with E-state index in [0.29, 0.717) is 12.2 Å². The summed E-state index contributed by atoms with van der Waals surface area (Å²) in [7, 11) is -2.98. The third-order valence-corrected chi connectivity index (χ3v) is 5.05. The first-order valence-electron chi connectivity index (χ1n) is 7.35. The van der Waals surface area contributed by atoms with E-state index < -0.39 is 9.84 Å². The van der Waals surface area contributed by atoms with Crippen molar-refractivity contribution >= 4 is 21.4 Å². The van der Waals surface area contributed by atoms with Gasteiger partial charge in [-0.05, 0) is 32.4 Å². The van der Waals surface area contributed by atoms with Gasteiger partial charge in [0, 0.05) is 6.04 Å². The van der Waals surface area contributed by atoms with Crippen LogP contribution in [0.5, 0.6) is 5.75 Å². The zero-order valence-electron chi connectivity index (χ0n) is 12.8. The number of hydrogen-bond acceptors (Lipinski definition) is 5. The summed E-state index contributed by atoms with van der Waals surface area (Å²) in [6.07, 6.45) is 0.529. The highest BCUT2D eigenvalue weighted by molar-refractivity contribution is 7.91. The molecule has 0 aliphatic carbocycles. The smallest absolute Gasteiger partial charge is 0.239 e. The maximum atomic E-state index is 11.9. The van der Waals surface area contributed by atoms with Crippen molar-refractivity contribution in [3.63, 3.8) is 0 Å². The summed E-state index contributed by atoms with van der Waals surface area (Å²) in [5.41, 5.74) is 0.741. The standard InChI is InChI=1S/C15H22N2O4S/c1-11(2)21-14-6-4-3-5-13(14)16-9-15(18)17-12-7-8-22(19,20)10-12/h3-6,11-12,16H,7-10H2,1-2H3,(H,17,18). The van der Waals surface area contributed by atoms with Gasteiger partial charge in [0.1, 0.15) is 5.75 Å². The minimum atomic E-state index is -2.98. The average Bonchev–Trinajstić information content (AvgIpc) is 2.76. The van der Waals surface area contributed by atoms with Gasteiger partial charge < -0.3 is 15.4 Å². The van der Waals surface area contributed by atoms with Gasteiger partial charge in [0.2, 0.25) is 5.91 Å². The lowest BCUT2D eigenvalue weighted by molar-refractivity contribution is -0.119. The Kier molecular flexibility index (Phi) is 5.28. The molecule has 0 bridgehead atoms. The molecule has 1 aromatic rings. The van der Waals surface area contributed by atoms with Crippen LogP contribution < -0.4 is 15.4 Å². The van der Waals surface area contributed by atoms with Gasteiger partial charge in [0.05, 0.1) is 29.8 Å². The Bertz CT molecular complexity index is 628. The monoisotopic (exact) mass is 326 g/mol. The normalized spacial score (nSPS) is 19.9. The third kappa shape index (κ3) is 4.91. The molecule has 0 saturated carbocycles. The second-order valence-electron chi connectivity index (χ2n) is 5.68. The number of anilines is 1. The topological polar surface area (TPSA) is 84.5 Å². The molecule has 0 radical (unpaired) electrons. The van der Waals surface area contributed by atoms with Crippen molar-refractivity contribution in [2.45, 2.75) is 32.4 Å². The predicted molar refractivity (Wildman–Crippen MR) is 85.9 cm³/mol. The fourth-order valence-electron chi connectivity index (χ4n) is 2.33. The van der Waals surface area contributed by atoms with E-state index in [-0.39, 0.29) is 36.1 Å². The van der Waals surface area contributed by atoms with Crippen molar-refractivity contribution in [3.05, 3.63) is 24.3 Å². The third-order valence-electron chi connectivity index (χ3n) is 3.29. The Labute approximate surface area is 131 Å². The number of carbonyl (C=O) groups is 1. The number of rotatable bonds is 6. The van der Waals surface area contributed by atoms with Crippen molar-refractivity contribution < 1.29 is 17.9 Å². The Morgan fingerprint density at radius 1 is 1.36 bits per heavy atom. The lowest BCUT2D eigenvalue weighted by Gasteiger charge is -2.16. The van der Waals surface area contributed by atoms with Gasteiger partial charge in [-0.25, -0.2) is 8.42 Å². The molecule has 1 aliphatic rings. The Hall–Kier alpha value is -1.76. The quantitative estimate of drug-likeness (QED) is 0.820. The molecule has 0 aromatic heterocycles. The molecule has 7 heteroatoms. The summed E-state index contributed by atoms with van der Waals surface area (Å²) < 4.78 is 28.4. The molecule has 1 saturated heterocycles. The summed E-state index contributed by atoms with van der Waals surface area (Å²) in [6, 6.07) is 7.12. The molecule has 1 heterocycles. The predicted octanol–water partition coefficient (Wildman–Crippen LogP) is 1.19. The Morgan fingerprint density at radius 3 is 2.73 bits per heavy atom. The minimum Gasteiger partial charge on any atom is -0.489 e. The number of para-hydroxylation sites is 2. The van der Waals surface area contributed by atoms with Crippen LogP contribution in [0.2, 0.25) is 0 Å². The fourth-order valence-corrected chi connectivity index (χ4v) is 4.01. The number of benzene rings is 1. The summed E-state index contributed by atoms with van der Waals surface area (Å²) in [4.78, 5) is 11.9. The number of amides is 1. The molecule has 1 aromatic carbocycles. The zero-order chi connectivity index (χ0) is 16.2. The van der Waals surface area contributed by atoms with E-state index >= 15 is 0 Å². The Balaban J connectivity index is 1.86. The number of ether oxygens (including phenoxy) is 1. The van der Waals surface area contributed by atoms with Gasteiger partial charge in [-0.3, -0.25) is 4.79 Å². The summed E-state index contributed by atoms with van der Waals surface area (Å²) >= 11 is 0. The summed E-state index contributed by atoms with van der Waals surface area (Å²) in [5, 5.41) is 5.77. The largest absolute Gasteiger partial charge is 0.489 e. The summed E-state index contributed by atoms with van der Waals surface area (Å²) in [5.74, 6) is 0.651. The van der Waals surface area contributed by atoms with Crippen LogP contribution in [0.1, 0.15) is 20.3 Å². The lowest BCUT2D eigenvalue weighted by atomic mass is 10.2. The van der Waals surface area contributed by atoms with Gasteiger partial charge in [0.15, 0.2) is 9.84 Å². The molecular formula is C15H22N2O4S. The van der Waals surface area contributed by atoms with E-state index in [2.05, 4.69) is 10.6 Å². The molecule has 1 amide bonds. The lowest BCUT2D eigenvalue weighted by Crippen LogP contribution is -2.39. The molecule has 2 N–H and O–H groups in total. The van der Waals surface area contributed by atoms with Gasteiger partial charge in [-0.15, -0.1) is 0 Å². The highest BCUT2D eigenvalue weighted by Crippen LogP contribution is 2.24. The van der Waals surface area contributed by atoms with Crippen LogP contribution in [0, 0.1) is 0 Å². The molecule has 1 atom stereocenters.